The van der Waals surface area contributed by atoms with Crippen molar-refractivity contribution in [2.45, 2.75) is 44.9 Å². The van der Waals surface area contributed by atoms with Crippen molar-refractivity contribution in [2.75, 3.05) is 23.1 Å². The summed E-state index contributed by atoms with van der Waals surface area (Å²) in [6.07, 6.45) is 3.93. The summed E-state index contributed by atoms with van der Waals surface area (Å²) in [7, 11) is 1.61. The van der Waals surface area contributed by atoms with Crippen LogP contribution in [0.1, 0.15) is 50.5 Å². The maximum absolute atomic E-state index is 12.6. The van der Waals surface area contributed by atoms with Crippen LogP contribution in [-0.4, -0.2) is 24.7 Å². The number of para-hydroxylation sites is 2. The van der Waals surface area contributed by atoms with E-state index in [2.05, 4.69) is 19.2 Å². The topological polar surface area (TPSA) is 58.6 Å². The van der Waals surface area contributed by atoms with E-state index in [0.717, 1.165) is 42.6 Å². The van der Waals surface area contributed by atoms with E-state index < -0.39 is 0 Å². The number of amides is 2. The molecular formula is C24H30N2O3S. The lowest BCUT2D eigenvalue weighted by Crippen LogP contribution is -2.28. The smallest absolute Gasteiger partial charge is 0.238 e. The predicted molar refractivity (Wildman–Crippen MR) is 124 cm³/mol. The van der Waals surface area contributed by atoms with Crippen molar-refractivity contribution in [1.82, 2.24) is 0 Å². The van der Waals surface area contributed by atoms with E-state index in [4.69, 9.17) is 4.74 Å². The van der Waals surface area contributed by atoms with Gasteiger partial charge in [-0.2, -0.15) is 0 Å². The third-order valence-corrected chi connectivity index (χ3v) is 6.66. The number of hydrogen-bond acceptors (Lipinski definition) is 4. The van der Waals surface area contributed by atoms with Gasteiger partial charge in [0.25, 0.3) is 0 Å². The first kappa shape index (κ1) is 22.2. The fourth-order valence-corrected chi connectivity index (χ4v) is 4.88. The average Bonchev–Trinajstić information content (AvgIpc) is 3.16. The van der Waals surface area contributed by atoms with Gasteiger partial charge in [0, 0.05) is 11.6 Å². The quantitative estimate of drug-likeness (QED) is 0.565. The molecule has 1 aliphatic heterocycles. The molecule has 0 spiro atoms. The summed E-state index contributed by atoms with van der Waals surface area (Å²) in [4.78, 5) is 27.0. The SMILES string of the molecule is CCCCC(CC)C(=O)Nc1ccc(C2SCC(=O)N2c2ccccc2OC)cc1. The highest BCUT2D eigenvalue weighted by Gasteiger charge is 2.35. The molecular weight excluding hydrogens is 396 g/mol. The molecule has 2 aromatic carbocycles. The third kappa shape index (κ3) is 4.98. The van der Waals surface area contributed by atoms with Gasteiger partial charge in [-0.1, -0.05) is 51.0 Å². The number of ether oxygens (including phenoxy) is 1. The van der Waals surface area contributed by atoms with Crippen LogP contribution < -0.4 is 15.0 Å². The van der Waals surface area contributed by atoms with Crippen LogP contribution in [0.15, 0.2) is 48.5 Å². The number of methoxy groups -OCH3 is 1. The van der Waals surface area contributed by atoms with Gasteiger partial charge >= 0.3 is 0 Å². The maximum Gasteiger partial charge on any atom is 0.238 e. The van der Waals surface area contributed by atoms with Crippen molar-refractivity contribution in [3.8, 4) is 5.75 Å². The molecule has 0 radical (unpaired) electrons. The number of nitrogens with one attached hydrogen (secondary N) is 1. The molecule has 160 valence electrons. The zero-order valence-corrected chi connectivity index (χ0v) is 18.7. The molecule has 2 amide bonds. The summed E-state index contributed by atoms with van der Waals surface area (Å²) in [5.41, 5.74) is 2.59. The van der Waals surface area contributed by atoms with E-state index in [0.29, 0.717) is 11.5 Å². The molecule has 1 saturated heterocycles. The Bertz CT molecular complexity index is 869. The van der Waals surface area contributed by atoms with Crippen molar-refractivity contribution >= 4 is 35.0 Å². The monoisotopic (exact) mass is 426 g/mol. The largest absolute Gasteiger partial charge is 0.495 e. The second-order valence-corrected chi connectivity index (χ2v) is 8.53. The standard InChI is InChI=1S/C24H30N2O3S/c1-4-6-9-17(5-2)23(28)25-19-14-12-18(13-15-19)24-26(22(27)16-30-24)20-10-7-8-11-21(20)29-3/h7-8,10-15,17,24H,4-6,9,16H2,1-3H3,(H,25,28). The zero-order valence-electron chi connectivity index (χ0n) is 17.9. The van der Waals surface area contributed by atoms with E-state index >= 15 is 0 Å². The summed E-state index contributed by atoms with van der Waals surface area (Å²) >= 11 is 1.60. The number of carbonyl (C=O) groups excluding carboxylic acids is 2. The molecule has 6 heteroatoms. The van der Waals surface area contributed by atoms with Crippen molar-refractivity contribution in [3.05, 3.63) is 54.1 Å². The lowest BCUT2D eigenvalue weighted by atomic mass is 9.98. The molecule has 2 aromatic rings. The fourth-order valence-electron chi connectivity index (χ4n) is 3.71. The number of unbranched alkanes of at least 4 members (excludes halogenated alkanes) is 1. The maximum atomic E-state index is 12.6. The Hall–Kier alpha value is -2.47. The van der Waals surface area contributed by atoms with Gasteiger partial charge in [0.15, 0.2) is 0 Å². The summed E-state index contributed by atoms with van der Waals surface area (Å²) in [5, 5.41) is 2.92. The molecule has 2 atom stereocenters. The van der Waals surface area contributed by atoms with Crippen LogP contribution >= 0.6 is 11.8 Å². The second kappa shape index (κ2) is 10.5. The Morgan fingerprint density at radius 2 is 1.93 bits per heavy atom. The van der Waals surface area contributed by atoms with Gasteiger partial charge in [0.05, 0.1) is 18.6 Å². The van der Waals surface area contributed by atoms with E-state index in [9.17, 15) is 9.59 Å². The molecule has 0 aliphatic carbocycles. The van der Waals surface area contributed by atoms with Gasteiger partial charge in [-0.25, -0.2) is 0 Å². The Balaban J connectivity index is 1.75. The Labute approximate surface area is 183 Å². The van der Waals surface area contributed by atoms with Crippen LogP contribution in [0.4, 0.5) is 11.4 Å². The molecule has 3 rings (SSSR count). The van der Waals surface area contributed by atoms with Gasteiger partial charge in [-0.05, 0) is 42.7 Å². The first-order chi connectivity index (χ1) is 14.6. The number of benzene rings is 2. The first-order valence-corrected chi connectivity index (χ1v) is 11.6. The first-order valence-electron chi connectivity index (χ1n) is 10.6. The van der Waals surface area contributed by atoms with Gasteiger partial charge in [-0.3, -0.25) is 14.5 Å². The minimum absolute atomic E-state index is 0.0497. The fraction of sp³-hybridized carbons (Fsp3) is 0.417. The highest BCUT2D eigenvalue weighted by Crippen LogP contribution is 2.44. The van der Waals surface area contributed by atoms with Crippen molar-refractivity contribution in [2.24, 2.45) is 5.92 Å². The van der Waals surface area contributed by atoms with Gasteiger partial charge in [0.2, 0.25) is 11.8 Å². The molecule has 1 aliphatic rings. The average molecular weight is 427 g/mol. The van der Waals surface area contributed by atoms with Crippen LogP contribution in [-0.2, 0) is 9.59 Å². The molecule has 30 heavy (non-hydrogen) atoms. The van der Waals surface area contributed by atoms with Gasteiger partial charge in [-0.15, -0.1) is 11.8 Å². The normalized spacial score (nSPS) is 17.1. The number of thioether (sulfide) groups is 1. The predicted octanol–water partition coefficient (Wildman–Crippen LogP) is 5.63. The molecule has 1 heterocycles. The van der Waals surface area contributed by atoms with Crippen LogP contribution in [0.5, 0.6) is 5.75 Å². The number of rotatable bonds is 9. The summed E-state index contributed by atoms with van der Waals surface area (Å²) in [6.45, 7) is 4.20. The Morgan fingerprint density at radius 3 is 2.60 bits per heavy atom. The number of anilines is 2. The lowest BCUT2D eigenvalue weighted by Gasteiger charge is -2.26. The zero-order chi connectivity index (χ0) is 21.5. The minimum Gasteiger partial charge on any atom is -0.495 e. The summed E-state index contributed by atoms with van der Waals surface area (Å²) in [5.74, 6) is 1.30. The van der Waals surface area contributed by atoms with E-state index in [-0.39, 0.29) is 23.1 Å². The highest BCUT2D eigenvalue weighted by atomic mass is 32.2. The third-order valence-electron chi connectivity index (χ3n) is 5.45. The van der Waals surface area contributed by atoms with Crippen LogP contribution in [0.3, 0.4) is 0 Å². The van der Waals surface area contributed by atoms with Crippen LogP contribution in [0.2, 0.25) is 0 Å². The van der Waals surface area contributed by atoms with Gasteiger partial charge in [0.1, 0.15) is 11.1 Å². The lowest BCUT2D eigenvalue weighted by molar-refractivity contribution is -0.120. The highest BCUT2D eigenvalue weighted by molar-refractivity contribution is 8.00. The number of carbonyl (C=O) groups is 2. The summed E-state index contributed by atoms with van der Waals surface area (Å²) in [6, 6.07) is 15.4. The second-order valence-electron chi connectivity index (χ2n) is 7.46. The Morgan fingerprint density at radius 1 is 1.20 bits per heavy atom. The Kier molecular flexibility index (Phi) is 7.80. The molecule has 1 fully saturated rings. The molecule has 5 nitrogen and oxygen atoms in total. The van der Waals surface area contributed by atoms with Crippen molar-refractivity contribution < 1.29 is 14.3 Å². The van der Waals surface area contributed by atoms with Crippen molar-refractivity contribution in [3.63, 3.8) is 0 Å². The molecule has 2 unspecified atom stereocenters. The van der Waals surface area contributed by atoms with Gasteiger partial charge < -0.3 is 10.1 Å². The molecule has 1 N–H and O–H groups in total. The van der Waals surface area contributed by atoms with Crippen molar-refractivity contribution in [1.29, 1.82) is 0 Å². The summed E-state index contributed by atoms with van der Waals surface area (Å²) < 4.78 is 5.46. The van der Waals surface area contributed by atoms with E-state index in [1.807, 2.05) is 48.5 Å². The molecule has 0 aromatic heterocycles. The van der Waals surface area contributed by atoms with E-state index in [1.165, 1.54) is 0 Å². The molecule has 0 bridgehead atoms. The minimum atomic E-state index is -0.119. The number of hydrogen-bond donors (Lipinski definition) is 1. The van der Waals surface area contributed by atoms with Crippen LogP contribution in [0, 0.1) is 5.92 Å². The van der Waals surface area contributed by atoms with Crippen LogP contribution in [0.25, 0.3) is 0 Å². The molecule has 0 saturated carbocycles. The number of nitrogens with zero attached hydrogens (tertiary/aromatic N) is 1. The van der Waals surface area contributed by atoms with E-state index in [1.54, 1.807) is 23.8 Å².